The summed E-state index contributed by atoms with van der Waals surface area (Å²) in [5.41, 5.74) is 3.47. The predicted octanol–water partition coefficient (Wildman–Crippen LogP) is 2.39. The van der Waals surface area contributed by atoms with Gasteiger partial charge in [-0.1, -0.05) is 0 Å². The summed E-state index contributed by atoms with van der Waals surface area (Å²) in [6.07, 6.45) is 2.91. The molecule has 1 aromatic heterocycles. The van der Waals surface area contributed by atoms with Crippen molar-refractivity contribution in [1.82, 2.24) is 0 Å². The maximum absolute atomic E-state index is 9.98. The SMILES string of the molecule is COc1c(O)ccc2cc3[n+](cc12)CCc1cc(OCO)ccc1-3. The Labute approximate surface area is 139 Å². The Morgan fingerprint density at radius 1 is 1.17 bits per heavy atom. The average molecular weight is 324 g/mol. The van der Waals surface area contributed by atoms with Crippen LogP contribution < -0.4 is 14.0 Å². The van der Waals surface area contributed by atoms with Crippen LogP contribution in [0.1, 0.15) is 5.56 Å². The number of hydrogen-bond donors (Lipinski definition) is 2. The molecule has 5 nitrogen and oxygen atoms in total. The van der Waals surface area contributed by atoms with Gasteiger partial charge >= 0.3 is 0 Å². The summed E-state index contributed by atoms with van der Waals surface area (Å²) in [4.78, 5) is 0. The van der Waals surface area contributed by atoms with Crippen LogP contribution in [0, 0.1) is 0 Å². The van der Waals surface area contributed by atoms with Gasteiger partial charge in [-0.3, -0.25) is 0 Å². The largest absolute Gasteiger partial charge is 0.504 e. The van der Waals surface area contributed by atoms with Crippen molar-refractivity contribution in [3.63, 3.8) is 0 Å². The first-order valence-corrected chi connectivity index (χ1v) is 7.81. The summed E-state index contributed by atoms with van der Waals surface area (Å²) in [5.74, 6) is 1.32. The molecule has 1 aliphatic rings. The van der Waals surface area contributed by atoms with E-state index in [1.807, 2.05) is 30.5 Å². The van der Waals surface area contributed by atoms with E-state index in [1.165, 1.54) is 5.56 Å². The predicted molar refractivity (Wildman–Crippen MR) is 89.2 cm³/mol. The Kier molecular flexibility index (Phi) is 3.50. The first kappa shape index (κ1) is 14.8. The third-order valence-corrected chi connectivity index (χ3v) is 4.51. The van der Waals surface area contributed by atoms with Gasteiger partial charge in [-0.15, -0.1) is 0 Å². The van der Waals surface area contributed by atoms with Crippen molar-refractivity contribution >= 4 is 10.8 Å². The van der Waals surface area contributed by atoms with Crippen LogP contribution in [-0.2, 0) is 13.0 Å². The highest BCUT2D eigenvalue weighted by atomic mass is 16.6. The van der Waals surface area contributed by atoms with E-state index >= 15 is 0 Å². The Hall–Kier alpha value is -2.79. The van der Waals surface area contributed by atoms with Gasteiger partial charge in [-0.05, 0) is 41.3 Å². The van der Waals surface area contributed by atoms with Crippen LogP contribution in [0.15, 0.2) is 42.6 Å². The minimum Gasteiger partial charge on any atom is -0.504 e. The number of hydrogen-bond acceptors (Lipinski definition) is 4. The number of aliphatic hydroxyl groups is 1. The van der Waals surface area contributed by atoms with E-state index in [0.29, 0.717) is 11.5 Å². The van der Waals surface area contributed by atoms with Crippen molar-refractivity contribution < 1.29 is 24.3 Å². The van der Waals surface area contributed by atoms with E-state index in [1.54, 1.807) is 13.2 Å². The lowest BCUT2D eigenvalue weighted by Gasteiger charge is -2.17. The van der Waals surface area contributed by atoms with Crippen molar-refractivity contribution in [2.75, 3.05) is 13.9 Å². The lowest BCUT2D eigenvalue weighted by Crippen LogP contribution is -2.40. The van der Waals surface area contributed by atoms with Crippen molar-refractivity contribution in [3.05, 3.63) is 48.2 Å². The van der Waals surface area contributed by atoms with Gasteiger partial charge in [0, 0.05) is 18.1 Å². The van der Waals surface area contributed by atoms with Crippen LogP contribution in [0.2, 0.25) is 0 Å². The molecule has 0 saturated carbocycles. The smallest absolute Gasteiger partial charge is 0.213 e. The molecule has 0 unspecified atom stereocenters. The molecule has 2 N–H and O–H groups in total. The fourth-order valence-electron chi connectivity index (χ4n) is 3.38. The van der Waals surface area contributed by atoms with Gasteiger partial charge < -0.3 is 19.7 Å². The standard InChI is InChI=1S/C19H17NO4/c1-23-19-16-10-20-7-6-13-8-14(24-11-21)3-4-15(13)17(20)9-12(16)2-5-18(19)22/h2-5,8-10,21H,6-7,11H2,1H3/p+1. The summed E-state index contributed by atoms with van der Waals surface area (Å²) >= 11 is 0. The van der Waals surface area contributed by atoms with Crippen molar-refractivity contribution in [3.8, 4) is 28.5 Å². The number of pyridine rings is 1. The maximum Gasteiger partial charge on any atom is 0.213 e. The van der Waals surface area contributed by atoms with Crippen LogP contribution in [0.25, 0.3) is 22.0 Å². The lowest BCUT2D eigenvalue weighted by atomic mass is 9.95. The molecule has 0 radical (unpaired) electrons. The molecule has 3 aromatic rings. The number of phenols is 1. The molecule has 2 heterocycles. The van der Waals surface area contributed by atoms with Crippen molar-refractivity contribution in [2.24, 2.45) is 0 Å². The van der Waals surface area contributed by atoms with Gasteiger partial charge in [0.1, 0.15) is 5.75 Å². The summed E-state index contributed by atoms with van der Waals surface area (Å²) in [6, 6.07) is 11.5. The van der Waals surface area contributed by atoms with Crippen LogP contribution in [0.5, 0.6) is 17.2 Å². The van der Waals surface area contributed by atoms with Gasteiger partial charge in [0.25, 0.3) is 0 Å². The zero-order valence-corrected chi connectivity index (χ0v) is 13.3. The minimum atomic E-state index is -0.321. The topological polar surface area (TPSA) is 62.8 Å². The second-order valence-electron chi connectivity index (χ2n) is 5.82. The molecule has 5 heteroatoms. The zero-order valence-electron chi connectivity index (χ0n) is 13.3. The molecule has 1 aliphatic heterocycles. The number of aliphatic hydroxyl groups excluding tert-OH is 1. The molecule has 0 fully saturated rings. The molecule has 2 aromatic carbocycles. The summed E-state index contributed by atoms with van der Waals surface area (Å²) < 4.78 is 12.7. The lowest BCUT2D eigenvalue weighted by molar-refractivity contribution is -0.686. The number of rotatable bonds is 3. The van der Waals surface area contributed by atoms with Crippen LogP contribution in [0.3, 0.4) is 0 Å². The molecule has 24 heavy (non-hydrogen) atoms. The van der Waals surface area contributed by atoms with Gasteiger partial charge in [-0.25, -0.2) is 0 Å². The molecule has 0 bridgehead atoms. The van der Waals surface area contributed by atoms with E-state index in [0.717, 1.165) is 35.0 Å². The first-order chi connectivity index (χ1) is 11.7. The molecular formula is C19H18NO4+. The van der Waals surface area contributed by atoms with Crippen LogP contribution in [-0.4, -0.2) is 24.1 Å². The van der Waals surface area contributed by atoms with Gasteiger partial charge in [0.05, 0.1) is 12.5 Å². The summed E-state index contributed by atoms with van der Waals surface area (Å²) in [7, 11) is 1.57. The highest BCUT2D eigenvalue weighted by Crippen LogP contribution is 2.36. The third-order valence-electron chi connectivity index (χ3n) is 4.51. The van der Waals surface area contributed by atoms with Crippen LogP contribution >= 0.6 is 0 Å². The number of aryl methyl sites for hydroxylation is 2. The highest BCUT2D eigenvalue weighted by Gasteiger charge is 2.25. The number of nitrogens with zero attached hydrogens (tertiary/aromatic N) is 1. The van der Waals surface area contributed by atoms with Gasteiger partial charge in [0.2, 0.25) is 5.69 Å². The molecular weight excluding hydrogens is 306 g/mol. The molecule has 122 valence electrons. The third kappa shape index (κ3) is 2.25. The summed E-state index contributed by atoms with van der Waals surface area (Å²) in [6.45, 7) is 0.512. The number of aromatic nitrogens is 1. The minimum absolute atomic E-state index is 0.146. The van der Waals surface area contributed by atoms with Gasteiger partial charge in [-0.2, -0.15) is 4.57 Å². The Morgan fingerprint density at radius 2 is 2.04 bits per heavy atom. The second kappa shape index (κ2) is 5.69. The van der Waals surface area contributed by atoms with Crippen LogP contribution in [0.4, 0.5) is 0 Å². The number of methoxy groups -OCH3 is 1. The molecule has 4 rings (SSSR count). The highest BCUT2D eigenvalue weighted by molar-refractivity contribution is 5.91. The molecule has 0 atom stereocenters. The number of phenolic OH excluding ortho intramolecular Hbond substituents is 1. The van der Waals surface area contributed by atoms with E-state index in [4.69, 9.17) is 14.6 Å². The Bertz CT molecular complexity index is 936. The molecule has 0 saturated heterocycles. The Balaban J connectivity index is 1.90. The fraction of sp³-hybridized carbons (Fsp3) is 0.211. The van der Waals surface area contributed by atoms with E-state index in [9.17, 15) is 5.11 Å². The van der Waals surface area contributed by atoms with Crippen molar-refractivity contribution in [2.45, 2.75) is 13.0 Å². The molecule has 0 aliphatic carbocycles. The number of fused-ring (bicyclic) bond motifs is 4. The number of aromatic hydroxyl groups is 1. The quantitative estimate of drug-likeness (QED) is 0.574. The maximum atomic E-state index is 9.98. The average Bonchev–Trinajstić information content (AvgIpc) is 2.60. The van der Waals surface area contributed by atoms with E-state index < -0.39 is 0 Å². The van der Waals surface area contributed by atoms with Crippen molar-refractivity contribution in [1.29, 1.82) is 0 Å². The second-order valence-corrected chi connectivity index (χ2v) is 5.82. The normalized spacial score (nSPS) is 12.6. The first-order valence-electron chi connectivity index (χ1n) is 7.81. The fourth-order valence-corrected chi connectivity index (χ4v) is 3.38. The number of ether oxygens (including phenoxy) is 2. The van der Waals surface area contributed by atoms with E-state index in [2.05, 4.69) is 10.6 Å². The monoisotopic (exact) mass is 324 g/mol. The zero-order chi connectivity index (χ0) is 16.7. The summed E-state index contributed by atoms with van der Waals surface area (Å²) in [5, 5.41) is 20.8. The Morgan fingerprint density at radius 3 is 2.83 bits per heavy atom. The van der Waals surface area contributed by atoms with Gasteiger partial charge in [0.15, 0.2) is 31.0 Å². The van der Waals surface area contributed by atoms with E-state index in [-0.39, 0.29) is 12.5 Å². The number of benzene rings is 2. The molecule has 0 amide bonds. The molecule has 0 spiro atoms.